The van der Waals surface area contributed by atoms with Crippen molar-refractivity contribution in [3.05, 3.63) is 11.8 Å². The molecule has 1 rings (SSSR count). The van der Waals surface area contributed by atoms with Crippen molar-refractivity contribution in [2.75, 3.05) is 27.2 Å². The second-order valence-electron chi connectivity index (χ2n) is 4.65. The van der Waals surface area contributed by atoms with Crippen molar-refractivity contribution in [1.82, 2.24) is 9.80 Å². The second-order valence-corrected chi connectivity index (χ2v) is 4.65. The van der Waals surface area contributed by atoms with Gasteiger partial charge in [-0.05, 0) is 19.8 Å². The molecule has 0 aromatic heterocycles. The lowest BCUT2D eigenvalue weighted by Gasteiger charge is -2.29. The van der Waals surface area contributed by atoms with Crippen LogP contribution in [0.1, 0.15) is 19.8 Å². The highest BCUT2D eigenvalue weighted by atomic mass is 16.4. The standard InChI is InChI=1S/C12H20N2O3/c1-9(13(2)3)7-11(15)10-5-4-6-14(8-10)12(16)17/h7,10H,4-6,8H2,1-3H3,(H,16,17). The molecule has 1 N–H and O–H groups in total. The molecule has 0 aliphatic carbocycles. The van der Waals surface area contributed by atoms with E-state index in [0.29, 0.717) is 13.1 Å². The van der Waals surface area contributed by atoms with Crippen LogP contribution in [0.4, 0.5) is 4.79 Å². The molecule has 0 bridgehead atoms. The van der Waals surface area contributed by atoms with Gasteiger partial charge in [0.15, 0.2) is 5.78 Å². The Hall–Kier alpha value is -1.52. The highest BCUT2D eigenvalue weighted by Crippen LogP contribution is 2.18. The van der Waals surface area contributed by atoms with Crippen molar-refractivity contribution in [1.29, 1.82) is 0 Å². The lowest BCUT2D eigenvalue weighted by atomic mass is 9.93. The van der Waals surface area contributed by atoms with E-state index in [4.69, 9.17) is 5.11 Å². The third kappa shape index (κ3) is 3.76. The SMILES string of the molecule is CC(=CC(=O)C1CCCN(C(=O)O)C1)N(C)C. The molecule has 1 saturated heterocycles. The molecule has 5 nitrogen and oxygen atoms in total. The van der Waals surface area contributed by atoms with Gasteiger partial charge in [-0.2, -0.15) is 0 Å². The minimum Gasteiger partial charge on any atom is -0.465 e. The van der Waals surface area contributed by atoms with Gasteiger partial charge in [-0.15, -0.1) is 0 Å². The summed E-state index contributed by atoms with van der Waals surface area (Å²) in [6.07, 6.45) is 2.21. The van der Waals surface area contributed by atoms with E-state index in [1.54, 1.807) is 6.08 Å². The van der Waals surface area contributed by atoms with Crippen LogP contribution in [-0.4, -0.2) is 54.0 Å². The molecular formula is C12H20N2O3. The summed E-state index contributed by atoms with van der Waals surface area (Å²) in [6.45, 7) is 2.73. The highest BCUT2D eigenvalue weighted by Gasteiger charge is 2.27. The van der Waals surface area contributed by atoms with Gasteiger partial charge < -0.3 is 14.9 Å². The summed E-state index contributed by atoms with van der Waals surface area (Å²) >= 11 is 0. The van der Waals surface area contributed by atoms with Gasteiger partial charge in [0.2, 0.25) is 0 Å². The van der Waals surface area contributed by atoms with E-state index >= 15 is 0 Å². The summed E-state index contributed by atoms with van der Waals surface area (Å²) < 4.78 is 0. The van der Waals surface area contributed by atoms with E-state index in [1.807, 2.05) is 25.9 Å². The number of likely N-dealkylation sites (tertiary alicyclic amines) is 1. The third-order valence-corrected chi connectivity index (χ3v) is 3.15. The van der Waals surface area contributed by atoms with Gasteiger partial charge in [0.25, 0.3) is 0 Å². The van der Waals surface area contributed by atoms with E-state index in [9.17, 15) is 9.59 Å². The maximum Gasteiger partial charge on any atom is 0.407 e. The first kappa shape index (κ1) is 13.5. The topological polar surface area (TPSA) is 60.9 Å². The summed E-state index contributed by atoms with van der Waals surface area (Å²) in [5.41, 5.74) is 0.891. The molecule has 1 aliphatic rings. The van der Waals surface area contributed by atoms with Crippen LogP contribution in [0.3, 0.4) is 0 Å². The largest absolute Gasteiger partial charge is 0.465 e. The highest BCUT2D eigenvalue weighted by molar-refractivity contribution is 5.92. The summed E-state index contributed by atoms with van der Waals surface area (Å²) in [5, 5.41) is 8.90. The summed E-state index contributed by atoms with van der Waals surface area (Å²) in [5.74, 6) is -0.156. The maximum atomic E-state index is 12.0. The number of hydrogen-bond donors (Lipinski definition) is 1. The van der Waals surface area contributed by atoms with E-state index in [0.717, 1.165) is 18.5 Å². The van der Waals surface area contributed by atoms with Crippen LogP contribution in [0.5, 0.6) is 0 Å². The zero-order chi connectivity index (χ0) is 13.0. The van der Waals surface area contributed by atoms with Gasteiger partial charge in [-0.1, -0.05) is 0 Å². The van der Waals surface area contributed by atoms with Crippen LogP contribution in [0, 0.1) is 5.92 Å². The van der Waals surface area contributed by atoms with E-state index in [1.165, 1.54) is 4.90 Å². The molecule has 1 aliphatic heterocycles. The number of amides is 1. The van der Waals surface area contributed by atoms with Crippen LogP contribution >= 0.6 is 0 Å². The Kier molecular flexibility index (Phi) is 4.54. The van der Waals surface area contributed by atoms with Gasteiger partial charge in [0, 0.05) is 44.9 Å². The molecule has 96 valence electrons. The molecule has 0 aromatic rings. The van der Waals surface area contributed by atoms with Crippen LogP contribution in [0.25, 0.3) is 0 Å². The van der Waals surface area contributed by atoms with Gasteiger partial charge in [-0.3, -0.25) is 4.79 Å². The minimum atomic E-state index is -0.934. The number of hydrogen-bond acceptors (Lipinski definition) is 3. The molecule has 0 radical (unpaired) electrons. The van der Waals surface area contributed by atoms with Crippen molar-refractivity contribution < 1.29 is 14.7 Å². The summed E-state index contributed by atoms with van der Waals surface area (Å²) in [7, 11) is 3.76. The molecule has 5 heteroatoms. The Morgan fingerprint density at radius 1 is 1.41 bits per heavy atom. The number of carbonyl (C=O) groups excluding carboxylic acids is 1. The maximum absolute atomic E-state index is 12.0. The van der Waals surface area contributed by atoms with Gasteiger partial charge in [0.1, 0.15) is 0 Å². The van der Waals surface area contributed by atoms with E-state index < -0.39 is 6.09 Å². The van der Waals surface area contributed by atoms with Crippen molar-refractivity contribution in [3.8, 4) is 0 Å². The zero-order valence-corrected chi connectivity index (χ0v) is 10.6. The normalized spacial score (nSPS) is 21.2. The summed E-state index contributed by atoms with van der Waals surface area (Å²) in [6, 6.07) is 0. The average molecular weight is 240 g/mol. The van der Waals surface area contributed by atoms with Crippen molar-refractivity contribution in [2.45, 2.75) is 19.8 Å². The Labute approximate surface area is 102 Å². The fourth-order valence-electron chi connectivity index (χ4n) is 1.84. The van der Waals surface area contributed by atoms with Crippen LogP contribution in [0.2, 0.25) is 0 Å². The Bertz CT molecular complexity index is 337. The number of allylic oxidation sites excluding steroid dienone is 2. The van der Waals surface area contributed by atoms with Crippen molar-refractivity contribution in [3.63, 3.8) is 0 Å². The smallest absolute Gasteiger partial charge is 0.407 e. The van der Waals surface area contributed by atoms with Gasteiger partial charge in [0.05, 0.1) is 0 Å². The molecular weight excluding hydrogens is 220 g/mol. The minimum absolute atomic E-state index is 0.0298. The molecule has 0 saturated carbocycles. The monoisotopic (exact) mass is 240 g/mol. The first-order chi connectivity index (χ1) is 7.91. The number of rotatable bonds is 3. The van der Waals surface area contributed by atoms with Gasteiger partial charge in [-0.25, -0.2) is 4.79 Å². The number of carbonyl (C=O) groups is 2. The van der Waals surface area contributed by atoms with Crippen LogP contribution in [0.15, 0.2) is 11.8 Å². The average Bonchev–Trinajstić information content (AvgIpc) is 2.28. The fraction of sp³-hybridized carbons (Fsp3) is 0.667. The number of piperidine rings is 1. The third-order valence-electron chi connectivity index (χ3n) is 3.15. The zero-order valence-electron chi connectivity index (χ0n) is 10.6. The quantitative estimate of drug-likeness (QED) is 0.758. The van der Waals surface area contributed by atoms with E-state index in [-0.39, 0.29) is 11.7 Å². The first-order valence-corrected chi connectivity index (χ1v) is 5.79. The van der Waals surface area contributed by atoms with E-state index in [2.05, 4.69) is 0 Å². The molecule has 1 heterocycles. The predicted molar refractivity (Wildman–Crippen MR) is 64.8 cm³/mol. The molecule has 0 aromatic carbocycles. The molecule has 1 fully saturated rings. The first-order valence-electron chi connectivity index (χ1n) is 5.79. The molecule has 1 unspecified atom stereocenters. The fourth-order valence-corrected chi connectivity index (χ4v) is 1.84. The van der Waals surface area contributed by atoms with Crippen LogP contribution < -0.4 is 0 Å². The Morgan fingerprint density at radius 3 is 2.59 bits per heavy atom. The Morgan fingerprint density at radius 2 is 2.06 bits per heavy atom. The lowest BCUT2D eigenvalue weighted by molar-refractivity contribution is -0.119. The molecule has 1 amide bonds. The van der Waals surface area contributed by atoms with Crippen LogP contribution in [-0.2, 0) is 4.79 Å². The number of ketones is 1. The molecule has 0 spiro atoms. The number of carboxylic acid groups (broad SMARTS) is 1. The Balaban J connectivity index is 2.64. The molecule has 1 atom stereocenters. The number of nitrogens with zero attached hydrogens (tertiary/aromatic N) is 2. The predicted octanol–water partition coefficient (Wildman–Crippen LogP) is 1.41. The molecule has 17 heavy (non-hydrogen) atoms. The second kappa shape index (κ2) is 5.70. The lowest BCUT2D eigenvalue weighted by Crippen LogP contribution is -2.41. The van der Waals surface area contributed by atoms with Crippen molar-refractivity contribution in [2.24, 2.45) is 5.92 Å². The van der Waals surface area contributed by atoms with Crippen molar-refractivity contribution >= 4 is 11.9 Å². The van der Waals surface area contributed by atoms with Gasteiger partial charge >= 0.3 is 6.09 Å². The summed E-state index contributed by atoms with van der Waals surface area (Å²) in [4.78, 5) is 26.0.